The minimum absolute atomic E-state index is 0.00962. The molecule has 0 fully saturated rings. The van der Waals surface area contributed by atoms with Crippen molar-refractivity contribution in [2.45, 2.75) is 44.8 Å². The summed E-state index contributed by atoms with van der Waals surface area (Å²) in [4.78, 5) is 40.7. The second-order valence-electron chi connectivity index (χ2n) is 5.81. The van der Waals surface area contributed by atoms with Gasteiger partial charge in [-0.2, -0.15) is 0 Å². The minimum atomic E-state index is -0.499. The molecule has 3 amide bonds. The summed E-state index contributed by atoms with van der Waals surface area (Å²) in [5.41, 5.74) is 0.489. The molecule has 1 aromatic carbocycles. The molecular weight excluding hydrogens is 352 g/mol. The van der Waals surface area contributed by atoms with E-state index in [9.17, 15) is 14.4 Å². The zero-order chi connectivity index (χ0) is 18.9. The van der Waals surface area contributed by atoms with E-state index in [1.54, 1.807) is 22.8 Å². The minimum Gasteiger partial charge on any atom is -0.338 e. The quantitative estimate of drug-likeness (QED) is 0.419. The lowest BCUT2D eigenvalue weighted by atomic mass is 10.2. The Hall–Kier alpha value is -2.35. The number of hydrogen-bond donors (Lipinski definition) is 2. The number of imide groups is 1. The number of unbranched alkanes of at least 4 members (excludes halogenated alkanes) is 1. The molecule has 0 bridgehead atoms. The summed E-state index contributed by atoms with van der Waals surface area (Å²) in [6.07, 6.45) is 2.60. The highest BCUT2D eigenvalue weighted by atomic mass is 32.2. The fraction of sp³-hybridized carbons (Fsp3) is 0.444. The highest BCUT2D eigenvalue weighted by Crippen LogP contribution is 2.17. The van der Waals surface area contributed by atoms with E-state index in [1.165, 1.54) is 0 Å². The Morgan fingerprint density at radius 2 is 1.96 bits per heavy atom. The molecule has 0 aliphatic heterocycles. The molecule has 0 saturated carbocycles. The Bertz CT molecular complexity index is 835. The maximum Gasteiger partial charge on any atom is 0.321 e. The van der Waals surface area contributed by atoms with E-state index in [-0.39, 0.29) is 11.3 Å². The molecule has 0 unspecified atom stereocenters. The van der Waals surface area contributed by atoms with Gasteiger partial charge >= 0.3 is 6.03 Å². The van der Waals surface area contributed by atoms with Crippen LogP contribution in [0.2, 0.25) is 0 Å². The fourth-order valence-corrected chi connectivity index (χ4v) is 3.22. The van der Waals surface area contributed by atoms with Crippen molar-refractivity contribution in [1.29, 1.82) is 0 Å². The van der Waals surface area contributed by atoms with Gasteiger partial charge in [0.1, 0.15) is 0 Å². The van der Waals surface area contributed by atoms with Crippen LogP contribution in [0.15, 0.2) is 34.2 Å². The molecule has 0 radical (unpaired) electrons. The zero-order valence-electron chi connectivity index (χ0n) is 15.1. The normalized spacial score (nSPS) is 10.7. The predicted octanol–water partition coefficient (Wildman–Crippen LogP) is 2.52. The number of nitrogens with zero attached hydrogens (tertiary/aromatic N) is 2. The molecule has 2 N–H and O–H groups in total. The molecule has 0 atom stereocenters. The van der Waals surface area contributed by atoms with Crippen molar-refractivity contribution in [2.24, 2.45) is 0 Å². The average molecular weight is 376 g/mol. The molecular formula is C18H24N4O3S. The smallest absolute Gasteiger partial charge is 0.321 e. The van der Waals surface area contributed by atoms with E-state index in [4.69, 9.17) is 0 Å². The monoisotopic (exact) mass is 376 g/mol. The van der Waals surface area contributed by atoms with Crippen LogP contribution in [0.5, 0.6) is 0 Å². The molecule has 2 rings (SSSR count). The number of carbonyl (C=O) groups excluding carboxylic acids is 2. The number of amides is 3. The number of fused-ring (bicyclic) bond motifs is 1. The highest BCUT2D eigenvalue weighted by Gasteiger charge is 2.14. The van der Waals surface area contributed by atoms with Crippen molar-refractivity contribution in [1.82, 2.24) is 20.2 Å². The van der Waals surface area contributed by atoms with Crippen molar-refractivity contribution in [3.63, 3.8) is 0 Å². The van der Waals surface area contributed by atoms with E-state index in [1.807, 2.05) is 19.9 Å². The maximum atomic E-state index is 12.7. The summed E-state index contributed by atoms with van der Waals surface area (Å²) in [7, 11) is 0. The molecule has 0 aliphatic rings. The van der Waals surface area contributed by atoms with Gasteiger partial charge in [-0.15, -0.1) is 0 Å². The lowest BCUT2D eigenvalue weighted by Gasteiger charge is -2.12. The first kappa shape index (κ1) is 20.0. The van der Waals surface area contributed by atoms with Gasteiger partial charge in [0.05, 0.1) is 16.7 Å². The summed E-state index contributed by atoms with van der Waals surface area (Å²) in [6, 6.07) is 6.65. The van der Waals surface area contributed by atoms with Crippen LogP contribution in [-0.2, 0) is 11.3 Å². The first-order valence-corrected chi connectivity index (χ1v) is 9.75. The van der Waals surface area contributed by atoms with E-state index in [0.29, 0.717) is 29.1 Å². The Morgan fingerprint density at radius 1 is 1.19 bits per heavy atom. The van der Waals surface area contributed by atoms with Gasteiger partial charge in [0.25, 0.3) is 5.56 Å². The number of para-hydroxylation sites is 1. The van der Waals surface area contributed by atoms with Crippen LogP contribution in [0.3, 0.4) is 0 Å². The molecule has 0 aliphatic carbocycles. The number of urea groups is 1. The van der Waals surface area contributed by atoms with Gasteiger partial charge in [-0.05, 0) is 25.0 Å². The number of thioether (sulfide) groups is 1. The third kappa shape index (κ3) is 5.32. The SMILES string of the molecule is CCCCNC(=O)NC(=O)CSc1nc2ccccc2c(=O)n1CCC. The molecule has 140 valence electrons. The van der Waals surface area contributed by atoms with Crippen molar-refractivity contribution < 1.29 is 9.59 Å². The first-order chi connectivity index (χ1) is 12.6. The third-order valence-corrected chi connectivity index (χ3v) is 4.65. The summed E-state index contributed by atoms with van der Waals surface area (Å²) in [5, 5.41) is 5.96. The van der Waals surface area contributed by atoms with Gasteiger partial charge in [-0.3, -0.25) is 19.5 Å². The Kier molecular flexibility index (Phi) is 7.65. The zero-order valence-corrected chi connectivity index (χ0v) is 15.9. The van der Waals surface area contributed by atoms with E-state index >= 15 is 0 Å². The van der Waals surface area contributed by atoms with Gasteiger partial charge in [0.2, 0.25) is 5.91 Å². The number of benzene rings is 1. The second-order valence-corrected chi connectivity index (χ2v) is 6.76. The molecule has 8 heteroatoms. The first-order valence-electron chi connectivity index (χ1n) is 8.76. The van der Waals surface area contributed by atoms with Crippen molar-refractivity contribution >= 4 is 34.6 Å². The van der Waals surface area contributed by atoms with Gasteiger partial charge < -0.3 is 5.32 Å². The van der Waals surface area contributed by atoms with Crippen molar-refractivity contribution in [3.8, 4) is 0 Å². The van der Waals surface area contributed by atoms with Crippen LogP contribution < -0.4 is 16.2 Å². The van der Waals surface area contributed by atoms with E-state index in [2.05, 4.69) is 15.6 Å². The van der Waals surface area contributed by atoms with Gasteiger partial charge in [0, 0.05) is 13.1 Å². The van der Waals surface area contributed by atoms with Crippen LogP contribution in [0.4, 0.5) is 4.79 Å². The topological polar surface area (TPSA) is 93.1 Å². The highest BCUT2D eigenvalue weighted by molar-refractivity contribution is 7.99. The molecule has 1 aromatic heterocycles. The van der Waals surface area contributed by atoms with Crippen molar-refractivity contribution in [2.75, 3.05) is 12.3 Å². The van der Waals surface area contributed by atoms with Crippen molar-refractivity contribution in [3.05, 3.63) is 34.6 Å². The van der Waals surface area contributed by atoms with Gasteiger partial charge in [-0.1, -0.05) is 44.2 Å². The van der Waals surface area contributed by atoms with E-state index in [0.717, 1.165) is 31.0 Å². The van der Waals surface area contributed by atoms with Crippen LogP contribution in [-0.4, -0.2) is 33.8 Å². The Morgan fingerprint density at radius 3 is 2.69 bits per heavy atom. The predicted molar refractivity (Wildman–Crippen MR) is 103 cm³/mol. The molecule has 7 nitrogen and oxygen atoms in total. The maximum absolute atomic E-state index is 12.7. The standard InChI is InChI=1S/C18H24N4O3S/c1-3-5-10-19-17(25)21-15(23)12-26-18-20-14-9-7-6-8-13(14)16(24)22(18)11-4-2/h6-9H,3-5,10-12H2,1-2H3,(H2,19,21,23,25). The van der Waals surface area contributed by atoms with Crippen LogP contribution in [0.25, 0.3) is 10.9 Å². The Labute approximate surface area is 156 Å². The van der Waals surface area contributed by atoms with Gasteiger partial charge in [0.15, 0.2) is 5.16 Å². The molecule has 0 spiro atoms. The van der Waals surface area contributed by atoms with Gasteiger partial charge in [-0.25, -0.2) is 9.78 Å². The number of carbonyl (C=O) groups is 2. The molecule has 0 saturated heterocycles. The summed E-state index contributed by atoms with van der Waals surface area (Å²) < 4.78 is 1.58. The second kappa shape index (κ2) is 9.96. The lowest BCUT2D eigenvalue weighted by Crippen LogP contribution is -2.40. The fourth-order valence-electron chi connectivity index (χ4n) is 2.39. The molecule has 1 heterocycles. The lowest BCUT2D eigenvalue weighted by molar-refractivity contribution is -0.117. The molecule has 26 heavy (non-hydrogen) atoms. The number of hydrogen-bond acceptors (Lipinski definition) is 5. The molecule has 2 aromatic rings. The average Bonchev–Trinajstić information content (AvgIpc) is 2.63. The Balaban J connectivity index is 2.07. The summed E-state index contributed by atoms with van der Waals surface area (Å²) in [5.74, 6) is -0.412. The van der Waals surface area contributed by atoms with E-state index < -0.39 is 11.9 Å². The number of nitrogens with one attached hydrogen (secondary N) is 2. The van der Waals surface area contributed by atoms with Crippen LogP contribution in [0.1, 0.15) is 33.1 Å². The van der Waals surface area contributed by atoms with Crippen LogP contribution in [0, 0.1) is 0 Å². The number of rotatable bonds is 8. The summed E-state index contributed by atoms with van der Waals surface area (Å²) in [6.45, 7) is 5.06. The summed E-state index contributed by atoms with van der Waals surface area (Å²) >= 11 is 1.15. The number of aromatic nitrogens is 2. The van der Waals surface area contributed by atoms with Crippen LogP contribution >= 0.6 is 11.8 Å². The third-order valence-electron chi connectivity index (χ3n) is 3.68. The largest absolute Gasteiger partial charge is 0.338 e.